The minimum Gasteiger partial charge on any atom is -0.347 e. The fourth-order valence-electron chi connectivity index (χ4n) is 3.36. The molecule has 6 heteroatoms. The molecule has 1 amide bonds. The number of amides is 1. The first-order valence-electron chi connectivity index (χ1n) is 9.89. The van der Waals surface area contributed by atoms with Gasteiger partial charge in [0.2, 0.25) is 0 Å². The number of nitrogens with one attached hydrogen (secondary N) is 2. The Labute approximate surface area is 181 Å². The fourth-order valence-corrected chi connectivity index (χ4v) is 4.17. The molecular weight excluding hydrogens is 392 g/mol. The van der Waals surface area contributed by atoms with E-state index >= 15 is 0 Å². The van der Waals surface area contributed by atoms with Crippen LogP contribution in [0.3, 0.4) is 0 Å². The Morgan fingerprint density at radius 1 is 1.13 bits per heavy atom. The highest BCUT2D eigenvalue weighted by atomic mass is 32.1. The number of hydrogen-bond acceptors (Lipinski definition) is 4. The molecule has 1 unspecified atom stereocenters. The Morgan fingerprint density at radius 3 is 2.40 bits per heavy atom. The Morgan fingerprint density at radius 2 is 1.80 bits per heavy atom. The monoisotopic (exact) mass is 419 g/mol. The largest absolute Gasteiger partial charge is 0.347 e. The molecule has 6 N–H and O–H groups in total. The Kier molecular flexibility index (Phi) is 7.68. The Balaban J connectivity index is 1.79. The molecule has 1 aromatic heterocycles. The van der Waals surface area contributed by atoms with Crippen molar-refractivity contribution in [2.24, 2.45) is 5.73 Å². The molecule has 3 aromatic rings. The lowest BCUT2D eigenvalue weighted by molar-refractivity contribution is -0.529. The first-order chi connectivity index (χ1) is 14.7. The standard InChI is InChI=1S/C24H26N4OS/c1-27-23(21(15-26)18-10-6-3-7-11-18)19-13-22(30-16-19)24(29)28-20(14-25)12-17-8-4-2-5-9-17/h2-11,13,15-16,20,26-27H,12,14,25H2,1H3,(H,28,29)/p+1/b23-21+,26-15?. The maximum absolute atomic E-state index is 12.8. The van der Waals surface area contributed by atoms with Gasteiger partial charge < -0.3 is 21.8 Å². The minimum absolute atomic E-state index is 0.121. The number of nitrogens with two attached hydrogens (primary N) is 2. The zero-order valence-electron chi connectivity index (χ0n) is 17.0. The quantitative estimate of drug-likeness (QED) is 0.401. The van der Waals surface area contributed by atoms with Crippen LogP contribution in [0.25, 0.3) is 11.3 Å². The van der Waals surface area contributed by atoms with Gasteiger partial charge in [-0.05, 0) is 23.6 Å². The van der Waals surface area contributed by atoms with Crippen LogP contribution in [0.15, 0.2) is 72.1 Å². The fraction of sp³-hybridized carbons (Fsp3) is 0.167. The summed E-state index contributed by atoms with van der Waals surface area (Å²) in [5.41, 5.74) is 10.7. The average molecular weight is 420 g/mol. The predicted octanol–water partition coefficient (Wildman–Crippen LogP) is 2.76. The minimum atomic E-state index is -0.125. The van der Waals surface area contributed by atoms with Crippen molar-refractivity contribution in [3.8, 4) is 0 Å². The molecule has 0 aliphatic heterocycles. The summed E-state index contributed by atoms with van der Waals surface area (Å²) in [5.74, 6) is -0.121. The van der Waals surface area contributed by atoms with Crippen molar-refractivity contribution in [2.75, 3.05) is 13.6 Å². The number of carbonyl (C=O) groups is 1. The lowest BCUT2D eigenvalue weighted by Gasteiger charge is -2.16. The van der Waals surface area contributed by atoms with Crippen LogP contribution in [0.5, 0.6) is 0 Å². The summed E-state index contributed by atoms with van der Waals surface area (Å²) >= 11 is 1.40. The van der Waals surface area contributed by atoms with Gasteiger partial charge in [-0.1, -0.05) is 60.7 Å². The van der Waals surface area contributed by atoms with E-state index in [-0.39, 0.29) is 11.9 Å². The molecule has 0 aliphatic rings. The smallest absolute Gasteiger partial charge is 0.261 e. The van der Waals surface area contributed by atoms with Crippen LogP contribution in [0.2, 0.25) is 0 Å². The van der Waals surface area contributed by atoms with Crippen molar-refractivity contribution in [3.63, 3.8) is 0 Å². The van der Waals surface area contributed by atoms with Crippen molar-refractivity contribution in [3.05, 3.63) is 93.7 Å². The third-order valence-corrected chi connectivity index (χ3v) is 5.82. The molecule has 3 rings (SSSR count). The molecule has 0 fully saturated rings. The Hall–Kier alpha value is -3.06. The SMILES string of the molecule is C[NH2+]/C(=C(\C=N)c1ccccc1)c1csc(C(=O)NC(CN)Cc2ccccc2)c1. The van der Waals surface area contributed by atoms with E-state index in [0.717, 1.165) is 28.0 Å². The van der Waals surface area contributed by atoms with Gasteiger partial charge in [-0.15, -0.1) is 11.3 Å². The number of thiophene rings is 1. The first-order valence-corrected chi connectivity index (χ1v) is 10.8. The Bertz CT molecular complexity index is 1010. The number of quaternary nitrogens is 1. The van der Waals surface area contributed by atoms with E-state index in [2.05, 4.69) is 5.32 Å². The molecular formula is C24H27N4OS+. The van der Waals surface area contributed by atoms with E-state index in [1.165, 1.54) is 17.6 Å². The van der Waals surface area contributed by atoms with Crippen LogP contribution in [0.4, 0.5) is 0 Å². The van der Waals surface area contributed by atoms with Gasteiger partial charge in [0.1, 0.15) is 5.70 Å². The zero-order valence-corrected chi connectivity index (χ0v) is 17.8. The number of benzene rings is 2. The molecule has 5 nitrogen and oxygen atoms in total. The second-order valence-electron chi connectivity index (χ2n) is 6.92. The molecule has 2 aromatic carbocycles. The highest BCUT2D eigenvalue weighted by Gasteiger charge is 2.19. The van der Waals surface area contributed by atoms with E-state index < -0.39 is 0 Å². The molecule has 1 heterocycles. The number of rotatable bonds is 9. The third kappa shape index (κ3) is 5.30. The number of allylic oxidation sites excluding steroid dienone is 1. The molecule has 30 heavy (non-hydrogen) atoms. The van der Waals surface area contributed by atoms with Gasteiger partial charge in [0.15, 0.2) is 0 Å². The van der Waals surface area contributed by atoms with Gasteiger partial charge in [-0.2, -0.15) is 0 Å². The van der Waals surface area contributed by atoms with Crippen LogP contribution in [0, 0.1) is 5.41 Å². The van der Waals surface area contributed by atoms with Crippen LogP contribution >= 0.6 is 11.3 Å². The topological polar surface area (TPSA) is 95.6 Å². The first kappa shape index (κ1) is 21.6. The van der Waals surface area contributed by atoms with Gasteiger partial charge in [0, 0.05) is 29.7 Å². The van der Waals surface area contributed by atoms with Gasteiger partial charge in [-0.25, -0.2) is 0 Å². The summed E-state index contributed by atoms with van der Waals surface area (Å²) in [6.07, 6.45) is 2.06. The molecule has 0 saturated carbocycles. The van der Waals surface area contributed by atoms with E-state index in [9.17, 15) is 4.79 Å². The summed E-state index contributed by atoms with van der Waals surface area (Å²) in [7, 11) is 1.95. The normalized spacial score (nSPS) is 12.7. The van der Waals surface area contributed by atoms with Crippen molar-refractivity contribution < 1.29 is 10.1 Å². The van der Waals surface area contributed by atoms with Crippen molar-refractivity contribution in [2.45, 2.75) is 12.5 Å². The third-order valence-electron chi connectivity index (χ3n) is 4.89. The van der Waals surface area contributed by atoms with Crippen molar-refractivity contribution in [1.29, 1.82) is 5.41 Å². The van der Waals surface area contributed by atoms with Crippen LogP contribution in [0.1, 0.15) is 26.4 Å². The molecule has 0 bridgehead atoms. The molecule has 0 saturated heterocycles. The molecule has 0 radical (unpaired) electrons. The maximum atomic E-state index is 12.8. The molecule has 1 atom stereocenters. The molecule has 0 aliphatic carbocycles. The second-order valence-corrected chi connectivity index (χ2v) is 7.83. The maximum Gasteiger partial charge on any atom is 0.261 e. The lowest BCUT2D eigenvalue weighted by atomic mass is 10.0. The number of carbonyl (C=O) groups excluding carboxylic acids is 1. The summed E-state index contributed by atoms with van der Waals surface area (Å²) in [6.45, 7) is 0.374. The van der Waals surface area contributed by atoms with Crippen LogP contribution in [-0.4, -0.2) is 31.8 Å². The van der Waals surface area contributed by atoms with E-state index in [1.807, 2.05) is 84.5 Å². The van der Waals surface area contributed by atoms with Gasteiger partial charge >= 0.3 is 0 Å². The van der Waals surface area contributed by atoms with E-state index in [0.29, 0.717) is 17.8 Å². The highest BCUT2D eigenvalue weighted by molar-refractivity contribution is 7.12. The van der Waals surface area contributed by atoms with E-state index in [1.54, 1.807) is 0 Å². The van der Waals surface area contributed by atoms with Crippen LogP contribution in [-0.2, 0) is 6.42 Å². The summed E-state index contributed by atoms with van der Waals surface area (Å²) in [4.78, 5) is 13.4. The second kappa shape index (κ2) is 10.6. The number of hydrogen-bond donors (Lipinski definition) is 4. The predicted molar refractivity (Wildman–Crippen MR) is 125 cm³/mol. The van der Waals surface area contributed by atoms with E-state index in [4.69, 9.17) is 11.1 Å². The van der Waals surface area contributed by atoms with Gasteiger partial charge in [-0.3, -0.25) is 4.79 Å². The molecule has 154 valence electrons. The van der Waals surface area contributed by atoms with Crippen molar-refractivity contribution in [1.82, 2.24) is 5.32 Å². The zero-order chi connectivity index (χ0) is 21.3. The lowest BCUT2D eigenvalue weighted by Crippen LogP contribution is -2.76. The summed E-state index contributed by atoms with van der Waals surface area (Å²) in [5, 5.41) is 14.9. The summed E-state index contributed by atoms with van der Waals surface area (Å²) < 4.78 is 0. The summed E-state index contributed by atoms with van der Waals surface area (Å²) in [6, 6.07) is 21.6. The van der Waals surface area contributed by atoms with Gasteiger partial charge in [0.25, 0.3) is 5.91 Å². The van der Waals surface area contributed by atoms with Crippen LogP contribution < -0.4 is 16.4 Å². The molecule has 0 spiro atoms. The van der Waals surface area contributed by atoms with Crippen molar-refractivity contribution >= 4 is 34.7 Å². The average Bonchev–Trinajstić information content (AvgIpc) is 3.28. The van der Waals surface area contributed by atoms with Gasteiger partial charge in [0.05, 0.1) is 17.5 Å². The highest BCUT2D eigenvalue weighted by Crippen LogP contribution is 2.24.